The molecule has 0 bridgehead atoms. The van der Waals surface area contributed by atoms with E-state index in [1.165, 1.54) is 29.7 Å². The summed E-state index contributed by atoms with van der Waals surface area (Å²) in [5.74, 6) is 0. The molecule has 1 aromatic rings. The Morgan fingerprint density at radius 2 is 1.80 bits per heavy atom. The quantitative estimate of drug-likeness (QED) is 0.777. The second kappa shape index (κ2) is 4.23. The van der Waals surface area contributed by atoms with Crippen molar-refractivity contribution in [3.63, 3.8) is 0 Å². The Kier molecular flexibility index (Phi) is 2.96. The van der Waals surface area contributed by atoms with Crippen molar-refractivity contribution in [3.05, 3.63) is 29.3 Å². The van der Waals surface area contributed by atoms with E-state index in [-0.39, 0.29) is 0 Å². The molecule has 82 valence electrons. The van der Waals surface area contributed by atoms with Gasteiger partial charge in [-0.25, -0.2) is 0 Å². The third-order valence-electron chi connectivity index (χ3n) is 3.14. The van der Waals surface area contributed by atoms with Crippen molar-refractivity contribution in [2.75, 3.05) is 5.32 Å². The van der Waals surface area contributed by atoms with E-state index in [1.807, 2.05) is 0 Å². The molecule has 1 fully saturated rings. The maximum atomic E-state index is 6.04. The summed E-state index contributed by atoms with van der Waals surface area (Å²) in [4.78, 5) is 0. The molecule has 0 aromatic heterocycles. The van der Waals surface area contributed by atoms with Crippen molar-refractivity contribution < 1.29 is 0 Å². The lowest BCUT2D eigenvalue weighted by Crippen LogP contribution is -2.35. The molecule has 2 heteroatoms. The number of nitrogens with two attached hydrogens (primary N) is 1. The summed E-state index contributed by atoms with van der Waals surface area (Å²) >= 11 is 0. The van der Waals surface area contributed by atoms with Gasteiger partial charge in [0, 0.05) is 17.8 Å². The molecule has 15 heavy (non-hydrogen) atoms. The molecule has 0 spiro atoms. The van der Waals surface area contributed by atoms with Crippen LogP contribution in [0.1, 0.15) is 30.4 Å². The van der Waals surface area contributed by atoms with Crippen LogP contribution in [0.15, 0.2) is 18.2 Å². The summed E-state index contributed by atoms with van der Waals surface area (Å²) < 4.78 is 0. The van der Waals surface area contributed by atoms with Gasteiger partial charge >= 0.3 is 0 Å². The fourth-order valence-corrected chi connectivity index (χ4v) is 2.44. The minimum Gasteiger partial charge on any atom is -0.381 e. The molecule has 0 amide bonds. The van der Waals surface area contributed by atoms with Gasteiger partial charge < -0.3 is 11.1 Å². The largest absolute Gasteiger partial charge is 0.381 e. The first-order chi connectivity index (χ1) is 7.15. The van der Waals surface area contributed by atoms with Crippen molar-refractivity contribution >= 4 is 5.69 Å². The molecule has 2 rings (SSSR count). The number of anilines is 1. The lowest BCUT2D eigenvalue weighted by molar-refractivity contribution is 0.638. The molecule has 0 saturated heterocycles. The SMILES string of the molecule is Cc1cc(C)cc(N[C@H]2CCC[C@H]2N)c1. The van der Waals surface area contributed by atoms with E-state index in [0.29, 0.717) is 12.1 Å². The smallest absolute Gasteiger partial charge is 0.0412 e. The van der Waals surface area contributed by atoms with E-state index in [9.17, 15) is 0 Å². The van der Waals surface area contributed by atoms with E-state index < -0.39 is 0 Å². The maximum absolute atomic E-state index is 6.04. The Hall–Kier alpha value is -1.02. The van der Waals surface area contributed by atoms with Gasteiger partial charge in [0.05, 0.1) is 0 Å². The Labute approximate surface area is 91.9 Å². The number of nitrogens with one attached hydrogen (secondary N) is 1. The molecule has 0 unspecified atom stereocenters. The summed E-state index contributed by atoms with van der Waals surface area (Å²) in [6, 6.07) is 7.37. The van der Waals surface area contributed by atoms with Crippen LogP contribution in [-0.2, 0) is 0 Å². The van der Waals surface area contributed by atoms with E-state index in [0.717, 1.165) is 6.42 Å². The minimum absolute atomic E-state index is 0.325. The van der Waals surface area contributed by atoms with Crippen molar-refractivity contribution in [2.24, 2.45) is 5.73 Å². The van der Waals surface area contributed by atoms with Gasteiger partial charge in [-0.3, -0.25) is 0 Å². The molecule has 2 nitrogen and oxygen atoms in total. The Bertz CT molecular complexity index is 326. The fourth-order valence-electron chi connectivity index (χ4n) is 2.44. The molecule has 1 aromatic carbocycles. The van der Waals surface area contributed by atoms with Crippen molar-refractivity contribution in [1.82, 2.24) is 0 Å². The van der Waals surface area contributed by atoms with Gasteiger partial charge in [0.15, 0.2) is 0 Å². The highest BCUT2D eigenvalue weighted by Gasteiger charge is 2.23. The predicted octanol–water partition coefficient (Wildman–Crippen LogP) is 2.60. The number of hydrogen-bond acceptors (Lipinski definition) is 2. The summed E-state index contributed by atoms with van der Waals surface area (Å²) in [7, 11) is 0. The van der Waals surface area contributed by atoms with Crippen molar-refractivity contribution in [3.8, 4) is 0 Å². The lowest BCUT2D eigenvalue weighted by atomic mass is 10.1. The molecule has 0 heterocycles. The summed E-state index contributed by atoms with van der Waals surface area (Å²) in [6.45, 7) is 4.26. The topological polar surface area (TPSA) is 38.0 Å². The first kappa shape index (κ1) is 10.5. The minimum atomic E-state index is 0.325. The molecule has 1 aliphatic carbocycles. The van der Waals surface area contributed by atoms with E-state index in [4.69, 9.17) is 5.73 Å². The van der Waals surface area contributed by atoms with Crippen LogP contribution in [0.5, 0.6) is 0 Å². The zero-order valence-electron chi connectivity index (χ0n) is 9.59. The molecule has 1 aliphatic rings. The molecule has 2 atom stereocenters. The normalized spacial score (nSPS) is 25.5. The first-order valence-electron chi connectivity index (χ1n) is 5.75. The third kappa shape index (κ3) is 2.51. The average Bonchev–Trinajstić information content (AvgIpc) is 2.50. The average molecular weight is 204 g/mol. The standard InChI is InChI=1S/C13H20N2/c1-9-6-10(2)8-11(7-9)15-13-5-3-4-12(13)14/h6-8,12-13,15H,3-5,14H2,1-2H3/t12-,13+/m1/s1. The molecular weight excluding hydrogens is 184 g/mol. The van der Waals surface area contributed by atoms with Crippen LogP contribution in [0, 0.1) is 13.8 Å². The molecule has 1 saturated carbocycles. The molecule has 0 radical (unpaired) electrons. The highest BCUT2D eigenvalue weighted by molar-refractivity contribution is 5.49. The van der Waals surface area contributed by atoms with Crippen molar-refractivity contribution in [2.45, 2.75) is 45.2 Å². The van der Waals surface area contributed by atoms with E-state index in [2.05, 4.69) is 37.4 Å². The fraction of sp³-hybridized carbons (Fsp3) is 0.538. The van der Waals surface area contributed by atoms with Crippen LogP contribution in [0.2, 0.25) is 0 Å². The second-order valence-electron chi connectivity index (χ2n) is 4.72. The third-order valence-corrected chi connectivity index (χ3v) is 3.14. The zero-order valence-corrected chi connectivity index (χ0v) is 9.59. The first-order valence-corrected chi connectivity index (χ1v) is 5.75. The Balaban J connectivity index is 2.10. The zero-order chi connectivity index (χ0) is 10.8. The Morgan fingerprint density at radius 3 is 2.33 bits per heavy atom. The summed E-state index contributed by atoms with van der Waals surface area (Å²) in [5.41, 5.74) is 9.88. The van der Waals surface area contributed by atoms with Gasteiger partial charge in [-0.05, 0) is 56.4 Å². The number of hydrogen-bond donors (Lipinski definition) is 2. The monoisotopic (exact) mass is 204 g/mol. The van der Waals surface area contributed by atoms with Crippen LogP contribution < -0.4 is 11.1 Å². The molecule has 0 aliphatic heterocycles. The number of aryl methyl sites for hydroxylation is 2. The molecular formula is C13H20N2. The number of benzene rings is 1. The highest BCUT2D eigenvalue weighted by atomic mass is 15.0. The summed E-state index contributed by atoms with van der Waals surface area (Å²) in [6.07, 6.45) is 3.61. The maximum Gasteiger partial charge on any atom is 0.0412 e. The van der Waals surface area contributed by atoms with Crippen molar-refractivity contribution in [1.29, 1.82) is 0 Å². The summed E-state index contributed by atoms with van der Waals surface area (Å²) in [5, 5.41) is 3.55. The van der Waals surface area contributed by atoms with Gasteiger partial charge in [-0.2, -0.15) is 0 Å². The van der Waals surface area contributed by atoms with Gasteiger partial charge in [-0.1, -0.05) is 6.07 Å². The van der Waals surface area contributed by atoms with E-state index >= 15 is 0 Å². The highest BCUT2D eigenvalue weighted by Crippen LogP contribution is 2.22. The van der Waals surface area contributed by atoms with Gasteiger partial charge in [0.2, 0.25) is 0 Å². The molecule has 3 N–H and O–H groups in total. The van der Waals surface area contributed by atoms with Gasteiger partial charge in [-0.15, -0.1) is 0 Å². The van der Waals surface area contributed by atoms with E-state index in [1.54, 1.807) is 0 Å². The predicted molar refractivity (Wildman–Crippen MR) is 65.2 cm³/mol. The van der Waals surface area contributed by atoms with Gasteiger partial charge in [0.25, 0.3) is 0 Å². The van der Waals surface area contributed by atoms with Crippen LogP contribution in [-0.4, -0.2) is 12.1 Å². The van der Waals surface area contributed by atoms with Crippen LogP contribution >= 0.6 is 0 Å². The van der Waals surface area contributed by atoms with Crippen LogP contribution in [0.25, 0.3) is 0 Å². The van der Waals surface area contributed by atoms with Gasteiger partial charge in [0.1, 0.15) is 0 Å². The Morgan fingerprint density at radius 1 is 1.13 bits per heavy atom. The second-order valence-corrected chi connectivity index (χ2v) is 4.72. The van der Waals surface area contributed by atoms with Crippen LogP contribution in [0.4, 0.5) is 5.69 Å². The lowest BCUT2D eigenvalue weighted by Gasteiger charge is -2.19. The number of rotatable bonds is 2. The van der Waals surface area contributed by atoms with Crippen LogP contribution in [0.3, 0.4) is 0 Å².